The molecule has 0 aliphatic carbocycles. The van der Waals surface area contributed by atoms with Crippen LogP contribution in [0.3, 0.4) is 0 Å². The lowest BCUT2D eigenvalue weighted by Crippen LogP contribution is -2.16. The number of rotatable bonds is 2. The molecule has 0 aliphatic rings. The van der Waals surface area contributed by atoms with Crippen LogP contribution in [0.15, 0.2) is 76.6 Å². The molecule has 4 aromatic carbocycles. The maximum absolute atomic E-state index is 13.7. The molecule has 2 N–H and O–H groups in total. The summed E-state index contributed by atoms with van der Waals surface area (Å²) in [6, 6.07) is 11.6. The van der Waals surface area contributed by atoms with Gasteiger partial charge in [-0.15, -0.1) is 0 Å². The maximum Gasteiger partial charge on any atom is 0.417 e. The number of carbonyl (C=O) groups excluding carboxylic acids is 2. The number of fused-ring (bicyclic) bond motifs is 6. The predicted octanol–water partition coefficient (Wildman–Crippen LogP) is 7.00. The van der Waals surface area contributed by atoms with E-state index >= 15 is 0 Å². The number of ether oxygens (including phenoxy) is 1. The number of aromatic amines is 2. The summed E-state index contributed by atoms with van der Waals surface area (Å²) in [7, 11) is 0. The van der Waals surface area contributed by atoms with Crippen molar-refractivity contribution < 1.29 is 27.5 Å². The zero-order valence-corrected chi connectivity index (χ0v) is 21.8. The Hall–Kier alpha value is -4.67. The van der Waals surface area contributed by atoms with E-state index in [1.807, 2.05) is 0 Å². The summed E-state index contributed by atoms with van der Waals surface area (Å²) < 4.78 is 46.3. The number of H-pyrrole nitrogens is 2. The van der Waals surface area contributed by atoms with Crippen LogP contribution in [0.1, 0.15) is 26.3 Å². The van der Waals surface area contributed by atoms with Gasteiger partial charge in [0.2, 0.25) is 0 Å². The van der Waals surface area contributed by atoms with E-state index in [-0.39, 0.29) is 42.9 Å². The van der Waals surface area contributed by atoms with Gasteiger partial charge in [-0.1, -0.05) is 29.3 Å². The van der Waals surface area contributed by atoms with E-state index in [1.54, 1.807) is 12.1 Å². The van der Waals surface area contributed by atoms with Crippen molar-refractivity contribution in [1.82, 2.24) is 9.97 Å². The Morgan fingerprint density at radius 3 is 1.78 bits per heavy atom. The number of benzene rings is 4. The number of hydrogen-bond donors (Lipinski definition) is 2. The molecule has 7 nitrogen and oxygen atoms in total. The molecule has 0 aliphatic heterocycles. The van der Waals surface area contributed by atoms with E-state index in [0.717, 1.165) is 6.07 Å². The Morgan fingerprint density at radius 2 is 1.22 bits per heavy atom. The van der Waals surface area contributed by atoms with Crippen molar-refractivity contribution in [3.05, 3.63) is 114 Å². The molecule has 6 aromatic rings. The summed E-state index contributed by atoms with van der Waals surface area (Å²) in [5.41, 5.74) is -2.77. The van der Waals surface area contributed by atoms with Gasteiger partial charge in [-0.3, -0.25) is 9.59 Å². The summed E-state index contributed by atoms with van der Waals surface area (Å²) in [5, 5.41) is 0.698. The van der Waals surface area contributed by atoms with Crippen LogP contribution in [-0.4, -0.2) is 21.9 Å². The first-order valence-electron chi connectivity index (χ1n) is 11.8. The molecule has 0 atom stereocenters. The number of esters is 2. The van der Waals surface area contributed by atoms with Crippen molar-refractivity contribution in [3.63, 3.8) is 0 Å². The molecule has 0 fully saturated rings. The van der Waals surface area contributed by atoms with Gasteiger partial charge < -0.3 is 14.7 Å². The molecule has 0 unspecified atom stereocenters. The van der Waals surface area contributed by atoms with E-state index in [1.165, 1.54) is 42.7 Å². The highest BCUT2D eigenvalue weighted by molar-refractivity contribution is 6.33. The summed E-state index contributed by atoms with van der Waals surface area (Å²) in [6.45, 7) is 0. The highest BCUT2D eigenvalue weighted by Gasteiger charge is 2.34. The number of aromatic nitrogens is 2. The lowest BCUT2D eigenvalue weighted by molar-refractivity contribution is -0.137. The molecule has 2 heterocycles. The third-order valence-electron chi connectivity index (χ3n) is 6.72. The third kappa shape index (κ3) is 4.41. The first-order valence-corrected chi connectivity index (χ1v) is 12.5. The monoisotopic (exact) mass is 596 g/mol. The van der Waals surface area contributed by atoms with Gasteiger partial charge >= 0.3 is 18.1 Å². The predicted molar refractivity (Wildman–Crippen MR) is 149 cm³/mol. The summed E-state index contributed by atoms with van der Waals surface area (Å²) in [5.74, 6) is -2.40. The molecular formula is C29H13Cl2F3N2O5. The molecule has 12 heteroatoms. The zero-order chi connectivity index (χ0) is 29.2. The zero-order valence-electron chi connectivity index (χ0n) is 20.3. The standard InChI is InChI=1S/C29H13Cl2F3N2O5/c30-14-1-2-15-16(9-14)19(7-12-3-5-35-25(37)23(12)15)27(39)41-28(40)20-8-13-4-6-36-26(38)24(13)18-11-22(31)21(10-17(18)20)29(32,33)34/h1-11H,(H,35,37)(H,36,38). The topological polar surface area (TPSA) is 109 Å². The van der Waals surface area contributed by atoms with E-state index in [2.05, 4.69) is 9.97 Å². The Bertz CT molecular complexity index is 2240. The number of pyridine rings is 2. The summed E-state index contributed by atoms with van der Waals surface area (Å²) >= 11 is 12.1. The van der Waals surface area contributed by atoms with Gasteiger partial charge in [0.25, 0.3) is 11.1 Å². The molecule has 41 heavy (non-hydrogen) atoms. The molecule has 6 rings (SSSR count). The van der Waals surface area contributed by atoms with Crippen molar-refractivity contribution in [2.24, 2.45) is 0 Å². The van der Waals surface area contributed by atoms with Crippen LogP contribution in [0.25, 0.3) is 43.1 Å². The number of halogens is 5. The second-order valence-electron chi connectivity index (χ2n) is 9.13. The van der Waals surface area contributed by atoms with Crippen molar-refractivity contribution in [1.29, 1.82) is 0 Å². The molecule has 0 saturated heterocycles. The lowest BCUT2D eigenvalue weighted by atomic mass is 9.96. The molecular weight excluding hydrogens is 584 g/mol. The van der Waals surface area contributed by atoms with Crippen molar-refractivity contribution in [3.8, 4) is 0 Å². The molecule has 0 saturated carbocycles. The molecule has 0 spiro atoms. The maximum atomic E-state index is 13.7. The third-order valence-corrected chi connectivity index (χ3v) is 7.27. The fourth-order valence-corrected chi connectivity index (χ4v) is 5.40. The second kappa shape index (κ2) is 9.46. The number of alkyl halides is 3. The number of hydrogen-bond acceptors (Lipinski definition) is 5. The highest BCUT2D eigenvalue weighted by Crippen LogP contribution is 2.40. The number of carbonyl (C=O) groups is 2. The van der Waals surface area contributed by atoms with E-state index < -0.39 is 45.4 Å². The van der Waals surface area contributed by atoms with Gasteiger partial charge in [0, 0.05) is 17.4 Å². The van der Waals surface area contributed by atoms with Crippen LogP contribution in [0.5, 0.6) is 0 Å². The van der Waals surface area contributed by atoms with E-state index in [4.69, 9.17) is 27.9 Å². The first kappa shape index (κ1) is 26.5. The smallest absolute Gasteiger partial charge is 0.386 e. The Balaban J connectivity index is 1.54. The van der Waals surface area contributed by atoms with Gasteiger partial charge in [0.15, 0.2) is 0 Å². The molecule has 0 amide bonds. The fourth-order valence-electron chi connectivity index (χ4n) is 4.96. The lowest BCUT2D eigenvalue weighted by Gasteiger charge is -2.14. The molecule has 0 bridgehead atoms. The van der Waals surface area contributed by atoms with Crippen LogP contribution >= 0.6 is 23.2 Å². The van der Waals surface area contributed by atoms with Gasteiger partial charge in [0.1, 0.15) is 0 Å². The average Bonchev–Trinajstić information content (AvgIpc) is 2.91. The average molecular weight is 597 g/mol. The minimum absolute atomic E-state index is 0.00129. The minimum atomic E-state index is -4.87. The quantitative estimate of drug-likeness (QED) is 0.127. The SMILES string of the molecule is O=C(OC(=O)c1cc2cc[nH]c(=O)c2c2cc(Cl)c(C(F)(F)F)cc12)c1cc2cc[nH]c(=O)c2c2ccc(Cl)cc12. The molecule has 2 aromatic heterocycles. The summed E-state index contributed by atoms with van der Waals surface area (Å²) in [4.78, 5) is 56.9. The highest BCUT2D eigenvalue weighted by atomic mass is 35.5. The Kier molecular flexibility index (Phi) is 6.13. The van der Waals surface area contributed by atoms with Gasteiger partial charge in [-0.2, -0.15) is 13.2 Å². The van der Waals surface area contributed by atoms with Crippen molar-refractivity contribution in [2.75, 3.05) is 0 Å². The van der Waals surface area contributed by atoms with Crippen LogP contribution in [-0.2, 0) is 10.9 Å². The van der Waals surface area contributed by atoms with Gasteiger partial charge in [-0.25, -0.2) is 9.59 Å². The second-order valence-corrected chi connectivity index (χ2v) is 9.98. The first-order chi connectivity index (χ1) is 19.4. The van der Waals surface area contributed by atoms with E-state index in [0.29, 0.717) is 16.8 Å². The van der Waals surface area contributed by atoms with Gasteiger partial charge in [-0.05, 0) is 80.8 Å². The molecule has 204 valence electrons. The molecule has 0 radical (unpaired) electrons. The van der Waals surface area contributed by atoms with Crippen molar-refractivity contribution >= 4 is 78.2 Å². The van der Waals surface area contributed by atoms with Crippen LogP contribution in [0.4, 0.5) is 13.2 Å². The Morgan fingerprint density at radius 1 is 0.683 bits per heavy atom. The van der Waals surface area contributed by atoms with Crippen LogP contribution in [0, 0.1) is 0 Å². The normalized spacial score (nSPS) is 11.9. The van der Waals surface area contributed by atoms with Crippen LogP contribution < -0.4 is 11.1 Å². The van der Waals surface area contributed by atoms with Crippen LogP contribution in [0.2, 0.25) is 10.0 Å². The van der Waals surface area contributed by atoms with E-state index in [9.17, 15) is 32.3 Å². The fraction of sp³-hybridized carbons (Fsp3) is 0.0345. The Labute approximate surface area is 236 Å². The minimum Gasteiger partial charge on any atom is -0.386 e. The largest absolute Gasteiger partial charge is 0.417 e. The summed E-state index contributed by atoms with van der Waals surface area (Å²) in [6.07, 6.45) is -2.18. The number of nitrogens with one attached hydrogen (secondary N) is 2. The van der Waals surface area contributed by atoms with Gasteiger partial charge in [0.05, 0.1) is 32.5 Å². The van der Waals surface area contributed by atoms with Crippen molar-refractivity contribution in [2.45, 2.75) is 6.18 Å².